The molecule has 0 aliphatic carbocycles. The number of hydrogen-bond acceptors (Lipinski definition) is 0. The summed E-state index contributed by atoms with van der Waals surface area (Å²) in [7, 11) is -7.09. The molecule has 0 heterocycles. The van der Waals surface area contributed by atoms with Crippen molar-refractivity contribution in [1.82, 2.24) is 0 Å². The molecule has 150 valence electrons. The van der Waals surface area contributed by atoms with Gasteiger partial charge in [0.25, 0.3) is 0 Å². The van der Waals surface area contributed by atoms with Gasteiger partial charge in [-0.3, -0.25) is 0 Å². The Morgan fingerprint density at radius 1 is 0.346 bits per heavy atom. The van der Waals surface area contributed by atoms with Crippen molar-refractivity contribution >= 4 is 66.3 Å². The van der Waals surface area contributed by atoms with E-state index < -0.39 is 40.4 Å². The van der Waals surface area contributed by atoms with E-state index in [0.717, 1.165) is 0 Å². The molecule has 0 spiro atoms. The largest absolute Gasteiger partial charge is 0.0774 e. The summed E-state index contributed by atoms with van der Waals surface area (Å²) in [4.78, 5) is 0. The van der Waals surface area contributed by atoms with E-state index in [0.29, 0.717) is 0 Å². The van der Waals surface area contributed by atoms with Crippen LogP contribution in [0.2, 0.25) is 98.2 Å². The number of rotatable bonds is 5. The second-order valence-electron chi connectivity index (χ2n) is 13.3. The maximum Gasteiger partial charge on any atom is 0.0774 e. The van der Waals surface area contributed by atoms with Crippen molar-refractivity contribution in [3.8, 4) is 0 Å². The summed E-state index contributed by atoms with van der Waals surface area (Å²) < 4.78 is 0. The minimum atomic E-state index is -1.45. The minimum absolute atomic E-state index is 1.40. The highest BCUT2D eigenvalue weighted by molar-refractivity contribution is 7.10. The van der Waals surface area contributed by atoms with Gasteiger partial charge in [-0.15, -0.1) is 0 Å². The van der Waals surface area contributed by atoms with Crippen LogP contribution in [0, 0.1) is 0 Å². The summed E-state index contributed by atoms with van der Waals surface area (Å²) in [6.45, 7) is 38.8. The topological polar surface area (TPSA) is 0 Å². The molecular weight excluding hydrogens is 393 g/mol. The predicted octanol–water partition coefficient (Wildman–Crippen LogP) is 4.41. The molecule has 5 heteroatoms. The van der Waals surface area contributed by atoms with E-state index in [1.54, 1.807) is 0 Å². The molecule has 0 nitrogen and oxygen atoms in total. The Labute approximate surface area is 170 Å². The molecule has 0 aliphatic heterocycles. The van der Waals surface area contributed by atoms with Gasteiger partial charge < -0.3 is 0 Å². The van der Waals surface area contributed by atoms with Crippen LogP contribution in [0.25, 0.3) is 0 Å². The SMILES string of the molecule is C[Si](C)(C)c1cc([Si](C)(C)C)c([Si](C)(C)C)c([Si](C)(C)C)c1[Si](C)(C)C. The lowest BCUT2D eigenvalue weighted by Crippen LogP contribution is -2.77. The van der Waals surface area contributed by atoms with Crippen LogP contribution in [0.3, 0.4) is 0 Å². The normalized spacial score (nSPS) is 14.7. The van der Waals surface area contributed by atoms with E-state index in [-0.39, 0.29) is 0 Å². The Morgan fingerprint density at radius 2 is 0.577 bits per heavy atom. The van der Waals surface area contributed by atoms with Crippen molar-refractivity contribution in [2.45, 2.75) is 98.2 Å². The fourth-order valence-electron chi connectivity index (χ4n) is 4.17. The molecule has 1 aromatic carbocycles. The standard InChI is InChI=1S/C21H46Si5/c1-22(2,3)17-16-18(23(4,5)6)20(25(10,11)12)21(26(13,14)15)19(17)24(7,8)9/h16H,1-15H3. The molecule has 26 heavy (non-hydrogen) atoms. The van der Waals surface area contributed by atoms with Gasteiger partial charge in [0, 0.05) is 0 Å². The van der Waals surface area contributed by atoms with E-state index >= 15 is 0 Å². The molecule has 0 bridgehead atoms. The average Bonchev–Trinajstić information content (AvgIpc) is 2.30. The van der Waals surface area contributed by atoms with Crippen molar-refractivity contribution in [2.24, 2.45) is 0 Å². The third kappa shape index (κ3) is 5.22. The quantitative estimate of drug-likeness (QED) is 0.597. The molecule has 1 aromatic rings. The van der Waals surface area contributed by atoms with Crippen LogP contribution in [0.5, 0.6) is 0 Å². The maximum absolute atomic E-state index is 2.77. The molecular formula is C21H46Si5. The highest BCUT2D eigenvalue weighted by Crippen LogP contribution is 2.14. The van der Waals surface area contributed by atoms with E-state index in [1.807, 2.05) is 25.9 Å². The fourth-order valence-corrected chi connectivity index (χ4v) is 21.9. The second-order valence-corrected chi connectivity index (χ2v) is 38.4. The highest BCUT2D eigenvalue weighted by Gasteiger charge is 2.41. The average molecular weight is 439 g/mol. The first kappa shape index (κ1) is 24.3. The zero-order chi connectivity index (χ0) is 21.1. The molecule has 0 saturated heterocycles. The van der Waals surface area contributed by atoms with E-state index in [1.165, 1.54) is 0 Å². The lowest BCUT2D eigenvalue weighted by Gasteiger charge is -2.42. The van der Waals surface area contributed by atoms with Crippen LogP contribution in [0.4, 0.5) is 0 Å². The summed E-state index contributed by atoms with van der Waals surface area (Å²) in [6, 6.07) is 2.77. The van der Waals surface area contributed by atoms with E-state index in [4.69, 9.17) is 0 Å². The van der Waals surface area contributed by atoms with Crippen molar-refractivity contribution in [1.29, 1.82) is 0 Å². The summed E-state index contributed by atoms with van der Waals surface area (Å²) in [6.07, 6.45) is 0. The molecule has 0 unspecified atom stereocenters. The fraction of sp³-hybridized carbons (Fsp3) is 0.714. The second kappa shape index (κ2) is 6.97. The molecule has 1 rings (SSSR count). The molecule has 0 amide bonds. The molecule has 0 radical (unpaired) electrons. The molecule has 0 aromatic heterocycles. The molecule has 0 N–H and O–H groups in total. The smallest absolute Gasteiger partial charge is 0.0656 e. The van der Waals surface area contributed by atoms with Gasteiger partial charge in [-0.2, -0.15) is 0 Å². The van der Waals surface area contributed by atoms with Gasteiger partial charge >= 0.3 is 0 Å². The first-order chi connectivity index (χ1) is 11.1. The lowest BCUT2D eigenvalue weighted by molar-refractivity contribution is 1.64. The Kier molecular flexibility index (Phi) is 6.53. The third-order valence-corrected chi connectivity index (χ3v) is 16.3. The Balaban J connectivity index is 4.41. The lowest BCUT2D eigenvalue weighted by atomic mass is 10.3. The summed E-state index contributed by atoms with van der Waals surface area (Å²) in [5.74, 6) is 0. The summed E-state index contributed by atoms with van der Waals surface area (Å²) >= 11 is 0. The number of hydrogen-bond donors (Lipinski definition) is 0. The van der Waals surface area contributed by atoms with Crippen LogP contribution in [-0.4, -0.2) is 40.4 Å². The van der Waals surface area contributed by atoms with E-state index in [9.17, 15) is 0 Å². The first-order valence-electron chi connectivity index (χ1n) is 10.3. The highest BCUT2D eigenvalue weighted by atomic mass is 28.3. The van der Waals surface area contributed by atoms with E-state index in [2.05, 4.69) is 104 Å². The van der Waals surface area contributed by atoms with Crippen molar-refractivity contribution in [3.63, 3.8) is 0 Å². The van der Waals surface area contributed by atoms with Crippen LogP contribution >= 0.6 is 0 Å². The van der Waals surface area contributed by atoms with Gasteiger partial charge in [-0.1, -0.05) is 130 Å². The Morgan fingerprint density at radius 3 is 0.731 bits per heavy atom. The van der Waals surface area contributed by atoms with Gasteiger partial charge in [0.15, 0.2) is 0 Å². The molecule has 0 atom stereocenters. The van der Waals surface area contributed by atoms with Gasteiger partial charge in [0.2, 0.25) is 0 Å². The van der Waals surface area contributed by atoms with Crippen LogP contribution in [0.1, 0.15) is 0 Å². The van der Waals surface area contributed by atoms with Gasteiger partial charge in [-0.25, -0.2) is 0 Å². The Bertz CT molecular complexity index is 619. The van der Waals surface area contributed by atoms with Gasteiger partial charge in [-0.05, 0) is 0 Å². The zero-order valence-corrected chi connectivity index (χ0v) is 25.6. The third-order valence-electron chi connectivity index (χ3n) is 5.19. The van der Waals surface area contributed by atoms with Gasteiger partial charge in [0.05, 0.1) is 40.4 Å². The first-order valence-corrected chi connectivity index (χ1v) is 27.8. The van der Waals surface area contributed by atoms with Crippen molar-refractivity contribution in [2.75, 3.05) is 0 Å². The molecule has 0 aliphatic rings. The van der Waals surface area contributed by atoms with Crippen LogP contribution < -0.4 is 25.9 Å². The molecule has 0 fully saturated rings. The maximum atomic E-state index is 2.77. The van der Waals surface area contributed by atoms with Crippen molar-refractivity contribution < 1.29 is 0 Å². The summed E-state index contributed by atoms with van der Waals surface area (Å²) in [5.41, 5.74) is 0. The zero-order valence-electron chi connectivity index (χ0n) is 20.6. The minimum Gasteiger partial charge on any atom is -0.0656 e. The number of benzene rings is 1. The van der Waals surface area contributed by atoms with Gasteiger partial charge in [0.1, 0.15) is 0 Å². The summed E-state index contributed by atoms with van der Waals surface area (Å²) in [5, 5.41) is 9.31. The Hall–Kier alpha value is 0.304. The van der Waals surface area contributed by atoms with Crippen LogP contribution in [-0.2, 0) is 0 Å². The van der Waals surface area contributed by atoms with Crippen molar-refractivity contribution in [3.05, 3.63) is 6.07 Å². The predicted molar refractivity (Wildman–Crippen MR) is 141 cm³/mol. The molecule has 0 saturated carbocycles. The van der Waals surface area contributed by atoms with Crippen LogP contribution in [0.15, 0.2) is 6.07 Å². The monoisotopic (exact) mass is 438 g/mol.